The second kappa shape index (κ2) is 5.23. The Labute approximate surface area is 118 Å². The van der Waals surface area contributed by atoms with Crippen molar-refractivity contribution in [2.24, 2.45) is 5.92 Å². The molecule has 0 spiro atoms. The summed E-state index contributed by atoms with van der Waals surface area (Å²) in [5.74, 6) is 0.288. The second-order valence-corrected chi connectivity index (χ2v) is 5.64. The summed E-state index contributed by atoms with van der Waals surface area (Å²) in [5, 5.41) is 1.22. The van der Waals surface area contributed by atoms with Crippen molar-refractivity contribution in [2.45, 2.75) is 19.8 Å². The Morgan fingerprint density at radius 2 is 1.95 bits per heavy atom. The molecule has 0 aliphatic carbocycles. The van der Waals surface area contributed by atoms with E-state index in [0.29, 0.717) is 22.3 Å². The molecule has 1 unspecified atom stereocenters. The van der Waals surface area contributed by atoms with E-state index in [1.165, 1.54) is 12.5 Å². The minimum Gasteiger partial charge on any atom is -0.338 e. The average Bonchev–Trinajstić information content (AvgIpc) is 2.47. The van der Waals surface area contributed by atoms with Gasteiger partial charge in [0, 0.05) is 24.0 Å². The molecule has 3 heteroatoms. The van der Waals surface area contributed by atoms with Gasteiger partial charge in [-0.25, -0.2) is 4.39 Å². The van der Waals surface area contributed by atoms with Gasteiger partial charge in [-0.15, -0.1) is 0 Å². The smallest absolute Gasteiger partial charge is 0.254 e. The lowest BCUT2D eigenvalue weighted by atomic mass is 9.98. The van der Waals surface area contributed by atoms with Crippen LogP contribution in [0.3, 0.4) is 0 Å². The zero-order valence-electron chi connectivity index (χ0n) is 11.6. The highest BCUT2D eigenvalue weighted by Gasteiger charge is 2.23. The van der Waals surface area contributed by atoms with Gasteiger partial charge in [-0.3, -0.25) is 4.79 Å². The fraction of sp³-hybridized carbons (Fsp3) is 0.353. The van der Waals surface area contributed by atoms with Crippen LogP contribution in [0.2, 0.25) is 0 Å². The Morgan fingerprint density at radius 1 is 1.20 bits per heavy atom. The molecule has 2 aromatic rings. The Morgan fingerprint density at radius 3 is 2.70 bits per heavy atom. The summed E-state index contributed by atoms with van der Waals surface area (Å²) in [7, 11) is 0. The highest BCUT2D eigenvalue weighted by atomic mass is 19.1. The van der Waals surface area contributed by atoms with Crippen LogP contribution in [0.15, 0.2) is 36.4 Å². The maximum atomic E-state index is 13.8. The number of piperidine rings is 1. The van der Waals surface area contributed by atoms with Gasteiger partial charge < -0.3 is 4.90 Å². The third kappa shape index (κ3) is 2.28. The fourth-order valence-corrected chi connectivity index (χ4v) is 2.99. The van der Waals surface area contributed by atoms with E-state index < -0.39 is 0 Å². The summed E-state index contributed by atoms with van der Waals surface area (Å²) >= 11 is 0. The van der Waals surface area contributed by atoms with Gasteiger partial charge in [-0.05, 0) is 36.3 Å². The van der Waals surface area contributed by atoms with Crippen LogP contribution in [-0.4, -0.2) is 23.9 Å². The monoisotopic (exact) mass is 271 g/mol. The van der Waals surface area contributed by atoms with E-state index in [9.17, 15) is 9.18 Å². The van der Waals surface area contributed by atoms with Crippen LogP contribution in [0.4, 0.5) is 4.39 Å². The van der Waals surface area contributed by atoms with Crippen molar-refractivity contribution >= 4 is 16.7 Å². The van der Waals surface area contributed by atoms with Gasteiger partial charge in [0.05, 0.1) is 0 Å². The molecule has 2 aromatic carbocycles. The van der Waals surface area contributed by atoms with E-state index in [4.69, 9.17) is 0 Å². The number of rotatable bonds is 1. The molecule has 0 bridgehead atoms. The van der Waals surface area contributed by atoms with Gasteiger partial charge in [0.15, 0.2) is 0 Å². The fourth-order valence-electron chi connectivity index (χ4n) is 2.99. The van der Waals surface area contributed by atoms with Crippen LogP contribution in [0, 0.1) is 11.7 Å². The minimum atomic E-state index is -0.274. The van der Waals surface area contributed by atoms with Crippen LogP contribution >= 0.6 is 0 Å². The van der Waals surface area contributed by atoms with E-state index in [1.807, 2.05) is 17.0 Å². The molecular weight excluding hydrogens is 253 g/mol. The summed E-state index contributed by atoms with van der Waals surface area (Å²) in [6.07, 6.45) is 2.22. The normalized spacial score (nSPS) is 19.3. The van der Waals surface area contributed by atoms with Crippen molar-refractivity contribution < 1.29 is 9.18 Å². The van der Waals surface area contributed by atoms with Crippen molar-refractivity contribution in [3.05, 3.63) is 47.8 Å². The van der Waals surface area contributed by atoms with Crippen LogP contribution in [0.5, 0.6) is 0 Å². The van der Waals surface area contributed by atoms with E-state index in [-0.39, 0.29) is 11.7 Å². The number of halogens is 1. The van der Waals surface area contributed by atoms with Gasteiger partial charge in [-0.1, -0.05) is 31.2 Å². The van der Waals surface area contributed by atoms with E-state index in [0.717, 1.165) is 19.5 Å². The molecule has 104 valence electrons. The number of carbonyl (C=O) groups excluding carboxylic acids is 1. The Hall–Kier alpha value is -1.90. The van der Waals surface area contributed by atoms with Gasteiger partial charge in [0.25, 0.3) is 5.91 Å². The average molecular weight is 271 g/mol. The first-order valence-electron chi connectivity index (χ1n) is 7.13. The van der Waals surface area contributed by atoms with Crippen LogP contribution < -0.4 is 0 Å². The summed E-state index contributed by atoms with van der Waals surface area (Å²) in [6, 6.07) is 10.2. The van der Waals surface area contributed by atoms with E-state index in [1.54, 1.807) is 18.2 Å². The molecule has 20 heavy (non-hydrogen) atoms. The number of hydrogen-bond donors (Lipinski definition) is 0. The Bertz CT molecular complexity index is 652. The predicted octanol–water partition coefficient (Wildman–Crippen LogP) is 3.85. The summed E-state index contributed by atoms with van der Waals surface area (Å²) in [4.78, 5) is 14.6. The zero-order chi connectivity index (χ0) is 14.1. The third-order valence-corrected chi connectivity index (χ3v) is 4.05. The lowest BCUT2D eigenvalue weighted by molar-refractivity contribution is 0.0685. The van der Waals surface area contributed by atoms with Gasteiger partial charge in [0.2, 0.25) is 0 Å². The zero-order valence-corrected chi connectivity index (χ0v) is 11.6. The number of benzene rings is 2. The van der Waals surface area contributed by atoms with Gasteiger partial charge >= 0.3 is 0 Å². The molecule has 1 amide bonds. The van der Waals surface area contributed by atoms with Crippen molar-refractivity contribution in [1.29, 1.82) is 0 Å². The first-order chi connectivity index (χ1) is 9.66. The standard InChI is InChI=1S/C17H18FNO/c1-12-5-4-10-19(11-12)17(20)15-8-9-16(18)14-7-3-2-6-13(14)15/h2-3,6-9,12H,4-5,10-11H2,1H3. The quantitative estimate of drug-likeness (QED) is 0.771. The summed E-state index contributed by atoms with van der Waals surface area (Å²) < 4.78 is 13.8. The molecule has 2 nitrogen and oxygen atoms in total. The largest absolute Gasteiger partial charge is 0.338 e. The molecule has 1 saturated heterocycles. The molecule has 0 N–H and O–H groups in total. The molecule has 0 radical (unpaired) electrons. The molecule has 3 rings (SSSR count). The maximum absolute atomic E-state index is 13.8. The van der Waals surface area contributed by atoms with E-state index >= 15 is 0 Å². The lowest BCUT2D eigenvalue weighted by Crippen LogP contribution is -2.39. The van der Waals surface area contributed by atoms with Crippen LogP contribution in [0.1, 0.15) is 30.1 Å². The van der Waals surface area contributed by atoms with Crippen LogP contribution in [-0.2, 0) is 0 Å². The molecule has 0 saturated carbocycles. The number of amides is 1. The summed E-state index contributed by atoms with van der Waals surface area (Å²) in [6.45, 7) is 3.77. The molecule has 1 aliphatic rings. The minimum absolute atomic E-state index is 0.0211. The van der Waals surface area contributed by atoms with Crippen molar-refractivity contribution in [3.63, 3.8) is 0 Å². The first kappa shape index (κ1) is 13.1. The topological polar surface area (TPSA) is 20.3 Å². The molecule has 0 aromatic heterocycles. The predicted molar refractivity (Wildman–Crippen MR) is 78.2 cm³/mol. The van der Waals surface area contributed by atoms with Gasteiger partial charge in [0.1, 0.15) is 5.82 Å². The highest BCUT2D eigenvalue weighted by Crippen LogP contribution is 2.25. The molecular formula is C17H18FNO. The molecule has 1 atom stereocenters. The molecule has 1 fully saturated rings. The third-order valence-electron chi connectivity index (χ3n) is 4.05. The van der Waals surface area contributed by atoms with Crippen molar-refractivity contribution in [2.75, 3.05) is 13.1 Å². The number of hydrogen-bond acceptors (Lipinski definition) is 1. The SMILES string of the molecule is CC1CCCN(C(=O)c2ccc(F)c3ccccc23)C1. The Kier molecular flexibility index (Phi) is 3.43. The highest BCUT2D eigenvalue weighted by molar-refractivity contribution is 6.07. The summed E-state index contributed by atoms with van der Waals surface area (Å²) in [5.41, 5.74) is 0.608. The maximum Gasteiger partial charge on any atom is 0.254 e. The van der Waals surface area contributed by atoms with E-state index in [2.05, 4.69) is 6.92 Å². The molecule has 1 aliphatic heterocycles. The number of nitrogens with zero attached hydrogens (tertiary/aromatic N) is 1. The van der Waals surface area contributed by atoms with Gasteiger partial charge in [-0.2, -0.15) is 0 Å². The number of likely N-dealkylation sites (tertiary alicyclic amines) is 1. The lowest BCUT2D eigenvalue weighted by Gasteiger charge is -2.31. The van der Waals surface area contributed by atoms with Crippen molar-refractivity contribution in [3.8, 4) is 0 Å². The second-order valence-electron chi connectivity index (χ2n) is 5.64. The first-order valence-corrected chi connectivity index (χ1v) is 7.13. The number of carbonyl (C=O) groups is 1. The van der Waals surface area contributed by atoms with Crippen LogP contribution in [0.25, 0.3) is 10.8 Å². The van der Waals surface area contributed by atoms with Crippen molar-refractivity contribution in [1.82, 2.24) is 4.90 Å². The number of fused-ring (bicyclic) bond motifs is 1. The molecule has 1 heterocycles. The Balaban J connectivity index is 2.01.